The Balaban J connectivity index is 1.59. The van der Waals surface area contributed by atoms with Crippen LogP contribution in [0.1, 0.15) is 54.8 Å². The fraction of sp³-hybridized carbons (Fsp3) is 0.471. The van der Waals surface area contributed by atoms with Gasteiger partial charge in [0, 0.05) is 37.4 Å². The van der Waals surface area contributed by atoms with E-state index in [1.54, 1.807) is 35.5 Å². The number of rotatable bonds is 3. The van der Waals surface area contributed by atoms with E-state index in [0.29, 0.717) is 23.8 Å². The summed E-state index contributed by atoms with van der Waals surface area (Å²) in [7, 11) is 0. The van der Waals surface area contributed by atoms with Gasteiger partial charge < -0.3 is 9.47 Å². The number of aromatic nitrogens is 6. The Hall–Kier alpha value is -2.77. The number of hydrogen-bond acceptors (Lipinski definition) is 5. The monoisotopic (exact) mass is 339 g/mol. The molecular formula is C17H21N7O. The lowest BCUT2D eigenvalue weighted by atomic mass is 9.96. The Morgan fingerprint density at radius 3 is 3.08 bits per heavy atom. The Morgan fingerprint density at radius 2 is 2.24 bits per heavy atom. The number of hydrogen-bond donors (Lipinski definition) is 0. The van der Waals surface area contributed by atoms with Crippen LogP contribution in [0.25, 0.3) is 5.65 Å². The first kappa shape index (κ1) is 15.7. The Morgan fingerprint density at radius 1 is 1.36 bits per heavy atom. The lowest BCUT2D eigenvalue weighted by Gasteiger charge is -2.32. The molecule has 1 aliphatic heterocycles. The number of piperidine rings is 1. The third kappa shape index (κ3) is 2.77. The normalized spacial score (nSPS) is 18.2. The summed E-state index contributed by atoms with van der Waals surface area (Å²) in [5.41, 5.74) is 1.14. The fourth-order valence-electron chi connectivity index (χ4n) is 3.46. The molecule has 4 rings (SSSR count). The molecule has 25 heavy (non-hydrogen) atoms. The molecule has 1 aliphatic rings. The van der Waals surface area contributed by atoms with Crippen molar-refractivity contribution < 1.29 is 4.79 Å². The average molecular weight is 339 g/mol. The highest BCUT2D eigenvalue weighted by molar-refractivity contribution is 5.99. The van der Waals surface area contributed by atoms with Crippen molar-refractivity contribution in [2.45, 2.75) is 38.6 Å². The van der Waals surface area contributed by atoms with E-state index in [4.69, 9.17) is 0 Å². The summed E-state index contributed by atoms with van der Waals surface area (Å²) in [6.07, 6.45) is 8.82. The van der Waals surface area contributed by atoms with Crippen LogP contribution < -0.4 is 0 Å². The molecule has 0 unspecified atom stereocenters. The molecular weight excluding hydrogens is 318 g/mol. The highest BCUT2D eigenvalue weighted by Crippen LogP contribution is 2.28. The van der Waals surface area contributed by atoms with E-state index in [-0.39, 0.29) is 11.8 Å². The molecule has 130 valence electrons. The van der Waals surface area contributed by atoms with E-state index in [2.05, 4.69) is 38.7 Å². The predicted molar refractivity (Wildman–Crippen MR) is 91.3 cm³/mol. The second-order valence-electron chi connectivity index (χ2n) is 6.73. The molecule has 0 spiro atoms. The highest BCUT2D eigenvalue weighted by atomic mass is 16.2. The maximum Gasteiger partial charge on any atom is 0.259 e. The van der Waals surface area contributed by atoms with Crippen LogP contribution in [0.4, 0.5) is 0 Å². The van der Waals surface area contributed by atoms with Gasteiger partial charge in [0.1, 0.15) is 17.7 Å². The summed E-state index contributed by atoms with van der Waals surface area (Å²) in [4.78, 5) is 19.2. The second kappa shape index (κ2) is 6.27. The molecule has 1 amide bonds. The van der Waals surface area contributed by atoms with Gasteiger partial charge in [0.15, 0.2) is 5.65 Å². The molecule has 3 aromatic heterocycles. The highest BCUT2D eigenvalue weighted by Gasteiger charge is 2.30. The average Bonchev–Trinajstić information content (AvgIpc) is 3.28. The summed E-state index contributed by atoms with van der Waals surface area (Å²) in [6, 6.07) is 2.10. The quantitative estimate of drug-likeness (QED) is 0.728. The fourth-order valence-corrected chi connectivity index (χ4v) is 3.46. The number of carbonyl (C=O) groups is 1. The van der Waals surface area contributed by atoms with Crippen molar-refractivity contribution in [1.29, 1.82) is 0 Å². The van der Waals surface area contributed by atoms with Crippen molar-refractivity contribution in [1.82, 2.24) is 34.3 Å². The van der Waals surface area contributed by atoms with Crippen molar-refractivity contribution in [3.63, 3.8) is 0 Å². The maximum atomic E-state index is 13.0. The summed E-state index contributed by atoms with van der Waals surface area (Å²) in [6.45, 7) is 5.62. The molecule has 0 saturated carbocycles. The number of amides is 1. The van der Waals surface area contributed by atoms with Gasteiger partial charge in [0.05, 0.1) is 6.20 Å². The van der Waals surface area contributed by atoms with Crippen molar-refractivity contribution >= 4 is 11.6 Å². The van der Waals surface area contributed by atoms with Crippen LogP contribution >= 0.6 is 0 Å². The van der Waals surface area contributed by atoms with E-state index < -0.39 is 0 Å². The van der Waals surface area contributed by atoms with Crippen LogP contribution in [0.15, 0.2) is 31.0 Å². The molecule has 4 heterocycles. The summed E-state index contributed by atoms with van der Waals surface area (Å²) in [5, 5.41) is 12.6. The molecule has 0 aliphatic carbocycles. The molecule has 0 bridgehead atoms. The second-order valence-corrected chi connectivity index (χ2v) is 6.73. The van der Waals surface area contributed by atoms with E-state index in [9.17, 15) is 4.79 Å². The van der Waals surface area contributed by atoms with Gasteiger partial charge in [-0.1, -0.05) is 0 Å². The molecule has 0 aromatic carbocycles. The van der Waals surface area contributed by atoms with Gasteiger partial charge in [-0.25, -0.2) is 9.50 Å². The van der Waals surface area contributed by atoms with Crippen LogP contribution in [0.3, 0.4) is 0 Å². The van der Waals surface area contributed by atoms with Gasteiger partial charge in [0.2, 0.25) is 0 Å². The molecule has 3 aromatic rings. The molecule has 1 fully saturated rings. The van der Waals surface area contributed by atoms with E-state index >= 15 is 0 Å². The molecule has 0 radical (unpaired) electrons. The first-order valence-corrected chi connectivity index (χ1v) is 8.62. The summed E-state index contributed by atoms with van der Waals surface area (Å²) < 4.78 is 3.72. The third-order valence-electron chi connectivity index (χ3n) is 4.74. The third-order valence-corrected chi connectivity index (χ3v) is 4.74. The largest absolute Gasteiger partial charge is 0.338 e. The topological polar surface area (TPSA) is 81.2 Å². The number of likely N-dealkylation sites (tertiary alicyclic amines) is 1. The lowest BCUT2D eigenvalue weighted by molar-refractivity contribution is 0.0704. The Bertz CT molecular complexity index is 897. The van der Waals surface area contributed by atoms with Gasteiger partial charge >= 0.3 is 0 Å². The minimum Gasteiger partial charge on any atom is -0.338 e. The smallest absolute Gasteiger partial charge is 0.259 e. The zero-order chi connectivity index (χ0) is 17.4. The van der Waals surface area contributed by atoms with Crippen molar-refractivity contribution in [2.24, 2.45) is 0 Å². The summed E-state index contributed by atoms with van der Waals surface area (Å²) >= 11 is 0. The van der Waals surface area contributed by atoms with Crippen molar-refractivity contribution in [3.8, 4) is 0 Å². The van der Waals surface area contributed by atoms with Gasteiger partial charge in [-0.3, -0.25) is 4.79 Å². The number of fused-ring (bicyclic) bond motifs is 1. The minimum atomic E-state index is -0.0194. The van der Waals surface area contributed by atoms with Crippen LogP contribution in [0, 0.1) is 0 Å². The van der Waals surface area contributed by atoms with E-state index in [0.717, 1.165) is 25.2 Å². The maximum absolute atomic E-state index is 13.0. The van der Waals surface area contributed by atoms with Crippen LogP contribution in [0.2, 0.25) is 0 Å². The number of nitrogens with zero attached hydrogens (tertiary/aromatic N) is 7. The van der Waals surface area contributed by atoms with Crippen LogP contribution in [-0.4, -0.2) is 53.3 Å². The van der Waals surface area contributed by atoms with Crippen LogP contribution in [-0.2, 0) is 0 Å². The SMILES string of the molecule is CC(C)n1cnnc1[C@@H]1CCCN(C(=O)c2cnn3cccnc23)C1. The first-order valence-electron chi connectivity index (χ1n) is 8.62. The standard InChI is InChI=1S/C17H21N7O/c1-12(2)23-11-19-21-15(23)13-5-3-7-22(10-13)17(25)14-9-20-24-8-4-6-18-16(14)24/h4,6,8-9,11-13H,3,5,7,10H2,1-2H3/t13-/m1/s1. The molecule has 0 N–H and O–H groups in total. The minimum absolute atomic E-state index is 0.0194. The van der Waals surface area contributed by atoms with Gasteiger partial charge in [0.25, 0.3) is 5.91 Å². The molecule has 1 saturated heterocycles. The molecule has 1 atom stereocenters. The zero-order valence-electron chi connectivity index (χ0n) is 14.4. The molecule has 8 heteroatoms. The predicted octanol–water partition coefficient (Wildman–Crippen LogP) is 1.92. The van der Waals surface area contributed by atoms with E-state index in [1.165, 1.54) is 0 Å². The van der Waals surface area contributed by atoms with Gasteiger partial charge in [-0.05, 0) is 32.8 Å². The zero-order valence-corrected chi connectivity index (χ0v) is 14.4. The van der Waals surface area contributed by atoms with Crippen molar-refractivity contribution in [2.75, 3.05) is 13.1 Å². The Kier molecular flexibility index (Phi) is 3.95. The van der Waals surface area contributed by atoms with E-state index in [1.807, 2.05) is 4.90 Å². The van der Waals surface area contributed by atoms with Gasteiger partial charge in [-0.2, -0.15) is 5.10 Å². The molecule has 8 nitrogen and oxygen atoms in total. The lowest BCUT2D eigenvalue weighted by Crippen LogP contribution is -2.39. The van der Waals surface area contributed by atoms with Gasteiger partial charge in [-0.15, -0.1) is 10.2 Å². The number of carbonyl (C=O) groups excluding carboxylic acids is 1. The van der Waals surface area contributed by atoms with Crippen LogP contribution in [0.5, 0.6) is 0 Å². The van der Waals surface area contributed by atoms with Crippen molar-refractivity contribution in [3.05, 3.63) is 42.4 Å². The first-order chi connectivity index (χ1) is 12.1. The Labute approximate surface area is 145 Å². The summed E-state index contributed by atoms with van der Waals surface area (Å²) in [5.74, 6) is 1.15.